The van der Waals surface area contributed by atoms with Crippen LogP contribution >= 0.6 is 0 Å². The highest BCUT2D eigenvalue weighted by atomic mass is 16.6. The van der Waals surface area contributed by atoms with Gasteiger partial charge in [-0.05, 0) is 76.2 Å². The summed E-state index contributed by atoms with van der Waals surface area (Å²) < 4.78 is 10.9. The number of cyclic esters (lactones) is 1. The summed E-state index contributed by atoms with van der Waals surface area (Å²) in [7, 11) is 0. The third-order valence-electron chi connectivity index (χ3n) is 6.48. The molecule has 5 heteroatoms. The maximum Gasteiger partial charge on any atom is 0.363 e. The lowest BCUT2D eigenvalue weighted by molar-refractivity contribution is -0.131. The van der Waals surface area contributed by atoms with Crippen molar-refractivity contribution in [3.05, 3.63) is 22.7 Å². The Bertz CT molecular complexity index is 732. The summed E-state index contributed by atoms with van der Waals surface area (Å²) in [6.07, 6.45) is 9.28. The lowest BCUT2D eigenvalue weighted by Gasteiger charge is -2.55. The molecule has 0 aromatic carbocycles. The molecule has 5 nitrogen and oxygen atoms in total. The van der Waals surface area contributed by atoms with Gasteiger partial charge in [-0.3, -0.25) is 0 Å². The Hall–Kier alpha value is -1.91. The van der Waals surface area contributed by atoms with Crippen molar-refractivity contribution in [2.45, 2.75) is 52.4 Å². The van der Waals surface area contributed by atoms with Crippen molar-refractivity contribution in [3.63, 3.8) is 0 Å². The third kappa shape index (κ3) is 2.03. The number of carbonyl (C=O) groups excluding carboxylic acids is 1. The normalized spacial score (nSPS) is 38.8. The zero-order valence-corrected chi connectivity index (χ0v) is 14.2. The number of esters is 1. The van der Waals surface area contributed by atoms with E-state index in [-0.39, 0.29) is 11.4 Å². The van der Waals surface area contributed by atoms with Gasteiger partial charge >= 0.3 is 5.97 Å². The second-order valence-electron chi connectivity index (χ2n) is 8.27. The van der Waals surface area contributed by atoms with Crippen LogP contribution < -0.4 is 0 Å². The van der Waals surface area contributed by atoms with Gasteiger partial charge in [0.15, 0.2) is 5.70 Å². The third-order valence-corrected chi connectivity index (χ3v) is 6.48. The van der Waals surface area contributed by atoms with Crippen LogP contribution in [-0.4, -0.2) is 17.0 Å². The lowest BCUT2D eigenvalue weighted by atomic mass is 9.49. The van der Waals surface area contributed by atoms with E-state index in [0.29, 0.717) is 17.4 Å². The van der Waals surface area contributed by atoms with Gasteiger partial charge in [0.1, 0.15) is 5.76 Å². The summed E-state index contributed by atoms with van der Waals surface area (Å²) in [6.45, 7) is 3.71. The van der Waals surface area contributed by atoms with E-state index in [9.17, 15) is 4.79 Å². The highest BCUT2D eigenvalue weighted by Crippen LogP contribution is 2.61. The minimum absolute atomic E-state index is 0.0126. The molecule has 4 saturated carbocycles. The van der Waals surface area contributed by atoms with Crippen LogP contribution in [0.1, 0.15) is 55.5 Å². The molecule has 5 aliphatic rings. The zero-order valence-electron chi connectivity index (χ0n) is 14.2. The SMILES string of the molecule is Cc1noc(C)c1C=C1N=C(C23CC4CC(CC(C4)C2)C3)OC1=O. The Kier molecular flexibility index (Phi) is 2.89. The molecule has 24 heavy (non-hydrogen) atoms. The number of aryl methyl sites for hydroxylation is 2. The monoisotopic (exact) mass is 326 g/mol. The molecule has 0 unspecified atom stereocenters. The molecule has 0 radical (unpaired) electrons. The van der Waals surface area contributed by atoms with Crippen molar-refractivity contribution in [1.29, 1.82) is 0 Å². The summed E-state index contributed by atoms with van der Waals surface area (Å²) in [6, 6.07) is 0. The van der Waals surface area contributed by atoms with Crippen LogP contribution in [-0.2, 0) is 9.53 Å². The molecule has 0 saturated heterocycles. The van der Waals surface area contributed by atoms with Crippen LogP contribution in [0.4, 0.5) is 0 Å². The van der Waals surface area contributed by atoms with Crippen molar-refractivity contribution in [1.82, 2.24) is 5.16 Å². The van der Waals surface area contributed by atoms with Crippen LogP contribution in [0.25, 0.3) is 6.08 Å². The molecule has 2 heterocycles. The fraction of sp³-hybridized carbons (Fsp3) is 0.632. The average Bonchev–Trinajstić information content (AvgIpc) is 3.04. The number of nitrogens with zero attached hydrogens (tertiary/aromatic N) is 2. The number of carbonyl (C=O) groups is 1. The first-order valence-electron chi connectivity index (χ1n) is 8.98. The van der Waals surface area contributed by atoms with Gasteiger partial charge in [-0.25, -0.2) is 9.79 Å². The molecule has 126 valence electrons. The minimum Gasteiger partial charge on any atom is -0.406 e. The maximum absolute atomic E-state index is 12.4. The smallest absolute Gasteiger partial charge is 0.363 e. The molecule has 4 aliphatic carbocycles. The van der Waals surface area contributed by atoms with Gasteiger partial charge in [-0.15, -0.1) is 0 Å². The van der Waals surface area contributed by atoms with Crippen LogP contribution in [0.15, 0.2) is 15.2 Å². The van der Waals surface area contributed by atoms with E-state index in [1.807, 2.05) is 13.8 Å². The van der Waals surface area contributed by atoms with Gasteiger partial charge in [0.25, 0.3) is 0 Å². The number of rotatable bonds is 2. The van der Waals surface area contributed by atoms with E-state index in [2.05, 4.69) is 10.1 Å². The number of hydrogen-bond donors (Lipinski definition) is 0. The number of aliphatic imine (C=N–C) groups is 1. The van der Waals surface area contributed by atoms with E-state index >= 15 is 0 Å². The Morgan fingerprint density at radius 3 is 2.25 bits per heavy atom. The Morgan fingerprint density at radius 1 is 1.08 bits per heavy atom. The fourth-order valence-electron chi connectivity index (χ4n) is 5.84. The summed E-state index contributed by atoms with van der Waals surface area (Å²) >= 11 is 0. The van der Waals surface area contributed by atoms with Crippen molar-refractivity contribution in [3.8, 4) is 0 Å². The maximum atomic E-state index is 12.4. The van der Waals surface area contributed by atoms with Crippen molar-refractivity contribution < 1.29 is 14.1 Å². The van der Waals surface area contributed by atoms with E-state index in [4.69, 9.17) is 9.26 Å². The first-order valence-corrected chi connectivity index (χ1v) is 8.98. The largest absolute Gasteiger partial charge is 0.406 e. The predicted molar refractivity (Wildman–Crippen MR) is 88.1 cm³/mol. The number of aromatic nitrogens is 1. The summed E-state index contributed by atoms with van der Waals surface area (Å²) in [5.74, 6) is 3.45. The lowest BCUT2D eigenvalue weighted by Crippen LogP contribution is -2.50. The molecular formula is C19H22N2O3. The standard InChI is InChI=1S/C19H22N2O3/c1-10-15(11(2)24-21-10)6-16-17(22)23-18(20-16)19-7-12-3-13(8-19)5-14(4-12)9-19/h6,12-14H,3-5,7-9H2,1-2H3. The average molecular weight is 326 g/mol. The Morgan fingerprint density at radius 2 is 1.71 bits per heavy atom. The summed E-state index contributed by atoms with van der Waals surface area (Å²) in [5, 5.41) is 3.94. The molecule has 0 spiro atoms. The van der Waals surface area contributed by atoms with E-state index in [0.717, 1.165) is 48.3 Å². The molecule has 6 rings (SSSR count). The number of ether oxygens (including phenoxy) is 1. The molecule has 1 aliphatic heterocycles. The van der Waals surface area contributed by atoms with Crippen molar-refractivity contribution in [2.24, 2.45) is 28.2 Å². The van der Waals surface area contributed by atoms with Gasteiger partial charge in [-0.2, -0.15) is 0 Å². The Balaban J connectivity index is 1.51. The predicted octanol–water partition coefficient (Wildman–Crippen LogP) is 3.80. The second kappa shape index (κ2) is 4.80. The van der Waals surface area contributed by atoms with Gasteiger partial charge in [0.05, 0.1) is 5.69 Å². The topological polar surface area (TPSA) is 64.7 Å². The molecule has 0 atom stereocenters. The fourth-order valence-corrected chi connectivity index (χ4v) is 5.84. The molecule has 0 amide bonds. The van der Waals surface area contributed by atoms with Gasteiger partial charge in [0.2, 0.25) is 5.90 Å². The quantitative estimate of drug-likeness (QED) is 0.612. The van der Waals surface area contributed by atoms with E-state index in [1.54, 1.807) is 6.08 Å². The summed E-state index contributed by atoms with van der Waals surface area (Å²) in [4.78, 5) is 17.0. The zero-order chi connectivity index (χ0) is 16.5. The second-order valence-corrected chi connectivity index (χ2v) is 8.27. The molecule has 4 bridgehead atoms. The molecule has 0 N–H and O–H groups in total. The van der Waals surface area contributed by atoms with E-state index < -0.39 is 0 Å². The van der Waals surface area contributed by atoms with Crippen LogP contribution in [0.3, 0.4) is 0 Å². The molecule has 4 fully saturated rings. The Labute approximate surface area is 141 Å². The van der Waals surface area contributed by atoms with Crippen LogP contribution in [0.2, 0.25) is 0 Å². The molecule has 1 aromatic rings. The molecular weight excluding hydrogens is 304 g/mol. The highest BCUT2D eigenvalue weighted by Gasteiger charge is 2.55. The minimum atomic E-state index is -0.333. The summed E-state index contributed by atoms with van der Waals surface area (Å²) in [5.41, 5.74) is 2.00. The van der Waals surface area contributed by atoms with Crippen molar-refractivity contribution in [2.75, 3.05) is 0 Å². The first kappa shape index (κ1) is 14.4. The molecule has 1 aromatic heterocycles. The van der Waals surface area contributed by atoms with E-state index in [1.165, 1.54) is 19.3 Å². The van der Waals surface area contributed by atoms with Gasteiger partial charge < -0.3 is 9.26 Å². The van der Waals surface area contributed by atoms with Crippen LogP contribution in [0, 0.1) is 37.0 Å². The van der Waals surface area contributed by atoms with Crippen molar-refractivity contribution >= 4 is 17.9 Å². The highest BCUT2D eigenvalue weighted by molar-refractivity contribution is 6.09. The number of hydrogen-bond acceptors (Lipinski definition) is 5. The van der Waals surface area contributed by atoms with Gasteiger partial charge in [-0.1, -0.05) is 5.16 Å². The van der Waals surface area contributed by atoms with Gasteiger partial charge in [0, 0.05) is 11.0 Å². The van der Waals surface area contributed by atoms with Crippen LogP contribution in [0.5, 0.6) is 0 Å². The first-order chi connectivity index (χ1) is 11.5.